The van der Waals surface area contributed by atoms with Gasteiger partial charge in [-0.1, -0.05) is 6.08 Å². The average Bonchev–Trinajstić information content (AvgIpc) is 2.55. The van der Waals surface area contributed by atoms with Gasteiger partial charge in [-0.3, -0.25) is 14.8 Å². The number of amides is 1. The predicted molar refractivity (Wildman–Crippen MR) is 105 cm³/mol. The zero-order chi connectivity index (χ0) is 16.2. The van der Waals surface area contributed by atoms with E-state index in [2.05, 4.69) is 32.1 Å². The molecule has 1 aromatic heterocycles. The minimum absolute atomic E-state index is 0. The Morgan fingerprint density at radius 3 is 2.78 bits per heavy atom. The maximum atomic E-state index is 11.8. The van der Waals surface area contributed by atoms with Crippen molar-refractivity contribution in [2.24, 2.45) is 4.99 Å². The molecule has 0 atom stereocenters. The number of nitrogens with zero attached hydrogens (tertiary/aromatic N) is 3. The third kappa shape index (κ3) is 8.53. The Hall–Kier alpha value is -1.64. The topological polar surface area (TPSA) is 69.6 Å². The molecule has 128 valence electrons. The highest BCUT2D eigenvalue weighted by Gasteiger charge is 2.06. The molecule has 0 bridgehead atoms. The molecule has 1 heterocycles. The monoisotopic (exact) mass is 431 g/mol. The van der Waals surface area contributed by atoms with E-state index in [-0.39, 0.29) is 29.9 Å². The highest BCUT2D eigenvalue weighted by Crippen LogP contribution is 1.95. The number of carbonyl (C=O) groups excluding carboxylic acids is 1. The van der Waals surface area contributed by atoms with Gasteiger partial charge in [0.15, 0.2) is 5.96 Å². The molecule has 1 amide bonds. The van der Waals surface area contributed by atoms with Gasteiger partial charge in [-0.2, -0.15) is 0 Å². The number of allylic oxidation sites excluding steroid dienone is 1. The van der Waals surface area contributed by atoms with Gasteiger partial charge >= 0.3 is 0 Å². The second-order valence-corrected chi connectivity index (χ2v) is 4.82. The minimum atomic E-state index is -0.121. The summed E-state index contributed by atoms with van der Waals surface area (Å²) in [6, 6.07) is 3.48. The van der Waals surface area contributed by atoms with Crippen LogP contribution >= 0.6 is 24.0 Å². The fourth-order valence-electron chi connectivity index (χ4n) is 1.91. The number of unbranched alkanes of at least 4 members (excludes halogenated alkanes) is 1. The maximum Gasteiger partial charge on any atom is 0.252 e. The number of aliphatic imine (C=N–C) groups is 1. The van der Waals surface area contributed by atoms with Crippen molar-refractivity contribution in [3.05, 3.63) is 42.7 Å². The van der Waals surface area contributed by atoms with E-state index in [4.69, 9.17) is 0 Å². The molecule has 0 aliphatic carbocycles. The number of halogens is 1. The Labute approximate surface area is 155 Å². The molecule has 0 unspecified atom stereocenters. The summed E-state index contributed by atoms with van der Waals surface area (Å²) in [5, 5.41) is 6.06. The second-order valence-electron chi connectivity index (χ2n) is 4.82. The van der Waals surface area contributed by atoms with Crippen molar-refractivity contribution in [1.29, 1.82) is 0 Å². The fraction of sp³-hybridized carbons (Fsp3) is 0.438. The molecule has 1 aromatic rings. The summed E-state index contributed by atoms with van der Waals surface area (Å²) in [7, 11) is 3.74. The normalized spacial score (nSPS) is 10.4. The smallest absolute Gasteiger partial charge is 0.252 e. The van der Waals surface area contributed by atoms with E-state index in [9.17, 15) is 4.79 Å². The highest BCUT2D eigenvalue weighted by molar-refractivity contribution is 14.0. The zero-order valence-corrected chi connectivity index (χ0v) is 16.1. The molecule has 0 spiro atoms. The Balaban J connectivity index is 0.00000484. The van der Waals surface area contributed by atoms with Crippen LogP contribution in [0.15, 0.2) is 42.2 Å². The van der Waals surface area contributed by atoms with Crippen molar-refractivity contribution in [2.45, 2.75) is 12.8 Å². The standard InChI is InChI=1S/C16H25N5O.HI/c1-4-5-6-12-21(3)16(17-2)20-11-10-19-15(22)14-8-7-9-18-13-14;/h4,7-9,13H,1,5-6,10-12H2,2-3H3,(H,17,20)(H,19,22);1H. The predicted octanol–water partition coefficient (Wildman–Crippen LogP) is 1.90. The number of nitrogens with one attached hydrogen (secondary N) is 2. The molecule has 2 N–H and O–H groups in total. The van der Waals surface area contributed by atoms with Gasteiger partial charge in [0.25, 0.3) is 5.91 Å². The SMILES string of the molecule is C=CCCCN(C)C(=NC)NCCNC(=O)c1cccnc1.I. The first-order valence-electron chi connectivity index (χ1n) is 7.40. The summed E-state index contributed by atoms with van der Waals surface area (Å²) in [6.07, 6.45) is 7.14. The van der Waals surface area contributed by atoms with Crippen LogP contribution in [0.2, 0.25) is 0 Å². The molecular formula is C16H26IN5O. The quantitative estimate of drug-likeness (QED) is 0.217. The van der Waals surface area contributed by atoms with Crippen molar-refractivity contribution < 1.29 is 4.79 Å². The molecule has 0 aliphatic rings. The zero-order valence-electron chi connectivity index (χ0n) is 13.8. The van der Waals surface area contributed by atoms with Gasteiger partial charge in [0.2, 0.25) is 0 Å². The molecule has 0 aliphatic heterocycles. The van der Waals surface area contributed by atoms with Gasteiger partial charge in [-0.05, 0) is 25.0 Å². The van der Waals surface area contributed by atoms with E-state index in [1.807, 2.05) is 13.1 Å². The summed E-state index contributed by atoms with van der Waals surface area (Å²) in [5.41, 5.74) is 0.563. The molecule has 7 heteroatoms. The van der Waals surface area contributed by atoms with Gasteiger partial charge in [0, 0.05) is 46.1 Å². The molecule has 0 radical (unpaired) electrons. The van der Waals surface area contributed by atoms with E-state index in [0.29, 0.717) is 18.7 Å². The number of guanidine groups is 1. The molecule has 0 saturated heterocycles. The van der Waals surface area contributed by atoms with Crippen LogP contribution < -0.4 is 10.6 Å². The van der Waals surface area contributed by atoms with Gasteiger partial charge in [0.05, 0.1) is 5.56 Å². The first kappa shape index (κ1) is 21.4. The van der Waals surface area contributed by atoms with E-state index in [1.54, 1.807) is 31.6 Å². The fourth-order valence-corrected chi connectivity index (χ4v) is 1.91. The lowest BCUT2D eigenvalue weighted by Crippen LogP contribution is -2.42. The minimum Gasteiger partial charge on any atom is -0.354 e. The van der Waals surface area contributed by atoms with Crippen LogP contribution in [0.5, 0.6) is 0 Å². The van der Waals surface area contributed by atoms with Crippen LogP contribution in [0.3, 0.4) is 0 Å². The van der Waals surface area contributed by atoms with Gasteiger partial charge < -0.3 is 15.5 Å². The largest absolute Gasteiger partial charge is 0.354 e. The first-order chi connectivity index (χ1) is 10.7. The maximum absolute atomic E-state index is 11.8. The third-order valence-electron chi connectivity index (χ3n) is 3.09. The molecule has 1 rings (SSSR count). The van der Waals surface area contributed by atoms with Crippen LogP contribution in [-0.4, -0.2) is 55.5 Å². The summed E-state index contributed by atoms with van der Waals surface area (Å²) >= 11 is 0. The van der Waals surface area contributed by atoms with Crippen molar-refractivity contribution in [2.75, 3.05) is 33.7 Å². The Kier molecular flexibility index (Phi) is 11.9. The number of carbonyl (C=O) groups is 1. The molecule has 0 saturated carbocycles. The Morgan fingerprint density at radius 1 is 1.43 bits per heavy atom. The molecule has 6 nitrogen and oxygen atoms in total. The van der Waals surface area contributed by atoms with Gasteiger partial charge in [0.1, 0.15) is 0 Å². The number of aromatic nitrogens is 1. The third-order valence-corrected chi connectivity index (χ3v) is 3.09. The van der Waals surface area contributed by atoms with E-state index in [0.717, 1.165) is 25.3 Å². The summed E-state index contributed by atoms with van der Waals surface area (Å²) < 4.78 is 0. The lowest BCUT2D eigenvalue weighted by molar-refractivity contribution is 0.0954. The number of pyridine rings is 1. The van der Waals surface area contributed by atoms with Crippen molar-refractivity contribution in [1.82, 2.24) is 20.5 Å². The summed E-state index contributed by atoms with van der Waals surface area (Å²) in [6.45, 7) is 5.76. The van der Waals surface area contributed by atoms with E-state index >= 15 is 0 Å². The lowest BCUT2D eigenvalue weighted by Gasteiger charge is -2.21. The summed E-state index contributed by atoms with van der Waals surface area (Å²) in [4.78, 5) is 22.0. The average molecular weight is 431 g/mol. The van der Waals surface area contributed by atoms with E-state index in [1.165, 1.54) is 0 Å². The number of hydrogen-bond donors (Lipinski definition) is 2. The van der Waals surface area contributed by atoms with Gasteiger partial charge in [-0.15, -0.1) is 30.6 Å². The first-order valence-corrected chi connectivity index (χ1v) is 7.40. The number of rotatable bonds is 8. The molecule has 0 fully saturated rings. The van der Waals surface area contributed by atoms with Crippen molar-refractivity contribution >= 4 is 35.8 Å². The Morgan fingerprint density at radius 2 is 2.17 bits per heavy atom. The van der Waals surface area contributed by atoms with Crippen LogP contribution in [0.4, 0.5) is 0 Å². The lowest BCUT2D eigenvalue weighted by atomic mass is 10.3. The van der Waals surface area contributed by atoms with Crippen molar-refractivity contribution in [3.63, 3.8) is 0 Å². The Bertz CT molecular complexity index is 493. The molecule has 0 aromatic carbocycles. The van der Waals surface area contributed by atoms with E-state index < -0.39 is 0 Å². The highest BCUT2D eigenvalue weighted by atomic mass is 127. The number of hydrogen-bond acceptors (Lipinski definition) is 3. The van der Waals surface area contributed by atoms with Crippen LogP contribution in [0.1, 0.15) is 23.2 Å². The van der Waals surface area contributed by atoms with Crippen LogP contribution in [-0.2, 0) is 0 Å². The van der Waals surface area contributed by atoms with Gasteiger partial charge in [-0.25, -0.2) is 0 Å². The van der Waals surface area contributed by atoms with Crippen LogP contribution in [0.25, 0.3) is 0 Å². The molecular weight excluding hydrogens is 405 g/mol. The van der Waals surface area contributed by atoms with Crippen LogP contribution in [0, 0.1) is 0 Å². The molecule has 23 heavy (non-hydrogen) atoms. The van der Waals surface area contributed by atoms with Crippen molar-refractivity contribution in [3.8, 4) is 0 Å². The second kappa shape index (κ2) is 12.9. The summed E-state index contributed by atoms with van der Waals surface area (Å²) in [5.74, 6) is 0.698.